The highest BCUT2D eigenvalue weighted by molar-refractivity contribution is 5.24. The van der Waals surface area contributed by atoms with Crippen molar-refractivity contribution in [2.45, 2.75) is 19.0 Å². The van der Waals surface area contributed by atoms with Crippen molar-refractivity contribution in [3.05, 3.63) is 35.4 Å². The van der Waals surface area contributed by atoms with E-state index in [9.17, 15) is 13.9 Å². The van der Waals surface area contributed by atoms with Gasteiger partial charge in [0.05, 0.1) is 6.10 Å². The van der Waals surface area contributed by atoms with Gasteiger partial charge in [0, 0.05) is 5.56 Å². The Balaban J connectivity index is 2.72. The number of alkyl halides is 2. The van der Waals surface area contributed by atoms with Gasteiger partial charge in [-0.15, -0.1) is 0 Å². The van der Waals surface area contributed by atoms with E-state index in [1.54, 1.807) is 0 Å². The van der Waals surface area contributed by atoms with Crippen LogP contribution in [0.5, 0.6) is 0 Å². The smallest absolute Gasteiger partial charge is 0.263 e. The molecule has 0 bridgehead atoms. The molecule has 0 fully saturated rings. The van der Waals surface area contributed by atoms with Gasteiger partial charge in [-0.3, -0.25) is 0 Å². The molecule has 1 aromatic rings. The Morgan fingerprint density at radius 1 is 1.14 bits per heavy atom. The fraction of sp³-hybridized carbons (Fsp3) is 0.400. The largest absolute Gasteiger partial charge is 0.388 e. The lowest BCUT2D eigenvalue weighted by atomic mass is 10.0. The van der Waals surface area contributed by atoms with Gasteiger partial charge in [-0.2, -0.15) is 0 Å². The highest BCUT2D eigenvalue weighted by atomic mass is 19.3. The van der Waals surface area contributed by atoms with Gasteiger partial charge >= 0.3 is 0 Å². The maximum atomic E-state index is 12.2. The van der Waals surface area contributed by atoms with Crippen LogP contribution >= 0.6 is 0 Å². The van der Waals surface area contributed by atoms with Crippen LogP contribution in [-0.2, 0) is 0 Å². The molecular weight excluding hydrogens is 188 g/mol. The fourth-order valence-corrected chi connectivity index (χ4v) is 1.19. The second-order valence-corrected chi connectivity index (χ2v) is 3.06. The number of halogens is 2. The second kappa shape index (κ2) is 5.02. The minimum atomic E-state index is -2.46. The van der Waals surface area contributed by atoms with Crippen molar-refractivity contribution in [1.29, 1.82) is 0 Å². The molecule has 1 aromatic carbocycles. The molecule has 4 heteroatoms. The van der Waals surface area contributed by atoms with E-state index in [0.717, 1.165) is 0 Å². The number of nitrogens with two attached hydrogens (primary N) is 1. The normalized spacial score (nSPS) is 13.2. The van der Waals surface area contributed by atoms with E-state index < -0.39 is 12.5 Å². The zero-order valence-electron chi connectivity index (χ0n) is 7.66. The minimum absolute atomic E-state index is 0.0336. The monoisotopic (exact) mass is 201 g/mol. The predicted molar refractivity (Wildman–Crippen MR) is 50.0 cm³/mol. The van der Waals surface area contributed by atoms with Crippen molar-refractivity contribution < 1.29 is 13.9 Å². The summed E-state index contributed by atoms with van der Waals surface area (Å²) in [6.45, 7) is 0.373. The van der Waals surface area contributed by atoms with Gasteiger partial charge < -0.3 is 10.8 Å². The first-order chi connectivity index (χ1) is 6.65. The fourth-order valence-electron chi connectivity index (χ4n) is 1.19. The molecule has 14 heavy (non-hydrogen) atoms. The number of hydrogen-bond acceptors (Lipinski definition) is 2. The third-order valence-electron chi connectivity index (χ3n) is 2.01. The van der Waals surface area contributed by atoms with Crippen molar-refractivity contribution in [2.75, 3.05) is 6.54 Å². The van der Waals surface area contributed by atoms with Gasteiger partial charge in [0.2, 0.25) is 0 Å². The zero-order chi connectivity index (χ0) is 10.6. The Labute approximate surface area is 81.4 Å². The zero-order valence-corrected chi connectivity index (χ0v) is 7.66. The summed E-state index contributed by atoms with van der Waals surface area (Å²) in [6, 6.07) is 5.64. The van der Waals surface area contributed by atoms with Crippen molar-refractivity contribution >= 4 is 0 Å². The molecule has 0 aliphatic rings. The SMILES string of the molecule is NCCC(O)c1ccc(C(F)F)cc1. The number of aliphatic hydroxyl groups is 1. The van der Waals surface area contributed by atoms with Crippen LogP contribution in [0.3, 0.4) is 0 Å². The maximum absolute atomic E-state index is 12.2. The molecule has 0 radical (unpaired) electrons. The Bertz CT molecular complexity index is 274. The lowest BCUT2D eigenvalue weighted by Crippen LogP contribution is -2.06. The molecular formula is C10H13F2NO. The van der Waals surface area contributed by atoms with Gasteiger partial charge in [0.15, 0.2) is 0 Å². The number of rotatable bonds is 4. The van der Waals surface area contributed by atoms with Crippen LogP contribution in [0.1, 0.15) is 30.1 Å². The standard InChI is InChI=1S/C10H13F2NO/c11-10(12)8-3-1-7(2-4-8)9(14)5-6-13/h1-4,9-10,14H,5-6,13H2. The van der Waals surface area contributed by atoms with Crippen LogP contribution in [0.4, 0.5) is 8.78 Å². The summed E-state index contributed by atoms with van der Waals surface area (Å²) < 4.78 is 24.3. The van der Waals surface area contributed by atoms with Crippen LogP contribution in [0.2, 0.25) is 0 Å². The summed E-state index contributed by atoms with van der Waals surface area (Å²) >= 11 is 0. The third kappa shape index (κ3) is 2.75. The lowest BCUT2D eigenvalue weighted by molar-refractivity contribution is 0.150. The van der Waals surface area contributed by atoms with Crippen molar-refractivity contribution in [2.24, 2.45) is 5.73 Å². The van der Waals surface area contributed by atoms with Crippen LogP contribution in [-0.4, -0.2) is 11.7 Å². The molecule has 1 atom stereocenters. The molecule has 0 saturated carbocycles. The number of aliphatic hydroxyl groups excluding tert-OH is 1. The molecule has 2 nitrogen and oxygen atoms in total. The summed E-state index contributed by atoms with van der Waals surface area (Å²) in [5, 5.41) is 9.48. The third-order valence-corrected chi connectivity index (χ3v) is 2.01. The van der Waals surface area contributed by atoms with E-state index in [4.69, 9.17) is 5.73 Å². The van der Waals surface area contributed by atoms with E-state index in [2.05, 4.69) is 0 Å². The highest BCUT2D eigenvalue weighted by Gasteiger charge is 2.09. The van der Waals surface area contributed by atoms with Gasteiger partial charge in [0.25, 0.3) is 6.43 Å². The Morgan fingerprint density at radius 3 is 2.07 bits per heavy atom. The van der Waals surface area contributed by atoms with Crippen LogP contribution in [0.25, 0.3) is 0 Å². The van der Waals surface area contributed by atoms with Crippen LogP contribution < -0.4 is 5.73 Å². The minimum Gasteiger partial charge on any atom is -0.388 e. The summed E-state index contributed by atoms with van der Waals surface area (Å²) in [6.07, 6.45) is -2.68. The summed E-state index contributed by atoms with van der Waals surface area (Å²) in [5.41, 5.74) is 5.86. The molecule has 0 spiro atoms. The first-order valence-corrected chi connectivity index (χ1v) is 4.41. The van der Waals surface area contributed by atoms with Crippen molar-refractivity contribution in [3.8, 4) is 0 Å². The van der Waals surface area contributed by atoms with Gasteiger partial charge in [-0.25, -0.2) is 8.78 Å². The molecule has 0 aromatic heterocycles. The average Bonchev–Trinajstić information content (AvgIpc) is 2.18. The van der Waals surface area contributed by atoms with E-state index >= 15 is 0 Å². The van der Waals surface area contributed by atoms with Crippen molar-refractivity contribution in [3.63, 3.8) is 0 Å². The first-order valence-electron chi connectivity index (χ1n) is 4.41. The number of hydrogen-bond donors (Lipinski definition) is 2. The number of benzene rings is 1. The van der Waals surface area contributed by atoms with E-state index in [1.807, 2.05) is 0 Å². The van der Waals surface area contributed by atoms with Gasteiger partial charge in [-0.05, 0) is 18.5 Å². The molecule has 78 valence electrons. The van der Waals surface area contributed by atoms with Crippen LogP contribution in [0.15, 0.2) is 24.3 Å². The topological polar surface area (TPSA) is 46.2 Å². The summed E-state index contributed by atoms with van der Waals surface area (Å²) in [4.78, 5) is 0. The Morgan fingerprint density at radius 2 is 1.64 bits per heavy atom. The van der Waals surface area contributed by atoms with Gasteiger partial charge in [-0.1, -0.05) is 24.3 Å². The second-order valence-electron chi connectivity index (χ2n) is 3.06. The molecule has 3 N–H and O–H groups in total. The Hall–Kier alpha value is -1.00. The summed E-state index contributed by atoms with van der Waals surface area (Å²) in [5.74, 6) is 0. The van der Waals surface area contributed by atoms with Crippen molar-refractivity contribution in [1.82, 2.24) is 0 Å². The highest BCUT2D eigenvalue weighted by Crippen LogP contribution is 2.22. The Kier molecular flexibility index (Phi) is 3.98. The quantitative estimate of drug-likeness (QED) is 0.782. The molecule has 1 rings (SSSR count). The molecule has 0 heterocycles. The molecule has 0 aliphatic carbocycles. The maximum Gasteiger partial charge on any atom is 0.263 e. The van der Waals surface area contributed by atoms with E-state index in [0.29, 0.717) is 18.5 Å². The first kappa shape index (κ1) is 11.1. The van der Waals surface area contributed by atoms with E-state index in [-0.39, 0.29) is 5.56 Å². The molecule has 0 amide bonds. The van der Waals surface area contributed by atoms with Crippen LogP contribution in [0, 0.1) is 0 Å². The van der Waals surface area contributed by atoms with Gasteiger partial charge in [0.1, 0.15) is 0 Å². The van der Waals surface area contributed by atoms with E-state index in [1.165, 1.54) is 24.3 Å². The average molecular weight is 201 g/mol. The summed E-state index contributed by atoms with van der Waals surface area (Å²) in [7, 11) is 0. The lowest BCUT2D eigenvalue weighted by Gasteiger charge is -2.09. The molecule has 0 aliphatic heterocycles. The molecule has 0 saturated heterocycles. The molecule has 1 unspecified atom stereocenters. The predicted octanol–water partition coefficient (Wildman–Crippen LogP) is 2.01.